The molecule has 2 rings (SSSR count). The first kappa shape index (κ1) is 15.7. The number of thiocarbonyl (C=S) groups is 1. The second-order valence-corrected chi connectivity index (χ2v) is 5.34. The molecule has 2 aromatic rings. The van der Waals surface area contributed by atoms with E-state index in [0.717, 1.165) is 23.8 Å². The highest BCUT2D eigenvalue weighted by Crippen LogP contribution is 2.22. The summed E-state index contributed by atoms with van der Waals surface area (Å²) in [6, 6.07) is 8.78. The molecule has 0 aliphatic heterocycles. The Morgan fingerprint density at radius 1 is 1.19 bits per heavy atom. The van der Waals surface area contributed by atoms with Crippen LogP contribution >= 0.6 is 23.8 Å². The van der Waals surface area contributed by atoms with Crippen LogP contribution in [0.15, 0.2) is 36.4 Å². The van der Waals surface area contributed by atoms with Gasteiger partial charge in [0.2, 0.25) is 0 Å². The maximum atomic E-state index is 13.5. The first-order valence-corrected chi connectivity index (χ1v) is 6.99. The Kier molecular flexibility index (Phi) is 5.09. The summed E-state index contributed by atoms with van der Waals surface area (Å²) in [7, 11) is 0. The highest BCUT2D eigenvalue weighted by Gasteiger charge is 2.06. The number of aryl methyl sites for hydroxylation is 1. The zero-order chi connectivity index (χ0) is 15.4. The van der Waals surface area contributed by atoms with Gasteiger partial charge >= 0.3 is 0 Å². The van der Waals surface area contributed by atoms with Crippen LogP contribution in [0, 0.1) is 18.6 Å². The zero-order valence-corrected chi connectivity index (χ0v) is 12.8. The van der Waals surface area contributed by atoms with Crippen LogP contribution in [0.1, 0.15) is 11.1 Å². The van der Waals surface area contributed by atoms with Crippen molar-refractivity contribution in [2.45, 2.75) is 13.5 Å². The lowest BCUT2D eigenvalue weighted by molar-refractivity contribution is 0.582. The van der Waals surface area contributed by atoms with Gasteiger partial charge in [-0.3, -0.25) is 0 Å². The van der Waals surface area contributed by atoms with Gasteiger partial charge in [0, 0.05) is 12.1 Å². The fourth-order valence-corrected chi connectivity index (χ4v) is 2.21. The van der Waals surface area contributed by atoms with Crippen LogP contribution in [0.4, 0.5) is 14.5 Å². The molecule has 0 saturated carbocycles. The first-order chi connectivity index (χ1) is 9.95. The number of benzene rings is 2. The minimum Gasteiger partial charge on any atom is -0.358 e. The molecule has 2 aromatic carbocycles. The lowest BCUT2D eigenvalue weighted by atomic mass is 10.2. The summed E-state index contributed by atoms with van der Waals surface area (Å²) in [6.45, 7) is 2.01. The Bertz CT molecular complexity index is 677. The van der Waals surface area contributed by atoms with Crippen molar-refractivity contribution in [3.05, 3.63) is 64.2 Å². The van der Waals surface area contributed by atoms with Gasteiger partial charge in [0.1, 0.15) is 11.6 Å². The molecule has 0 heterocycles. The van der Waals surface area contributed by atoms with E-state index in [4.69, 9.17) is 23.8 Å². The monoisotopic (exact) mass is 326 g/mol. The molecule has 0 saturated heterocycles. The molecule has 0 radical (unpaired) electrons. The van der Waals surface area contributed by atoms with E-state index in [2.05, 4.69) is 10.6 Å². The molecule has 0 fully saturated rings. The van der Waals surface area contributed by atoms with Gasteiger partial charge in [-0.2, -0.15) is 0 Å². The zero-order valence-electron chi connectivity index (χ0n) is 11.2. The molecule has 0 spiro atoms. The molecule has 0 unspecified atom stereocenters. The number of hydrogen-bond acceptors (Lipinski definition) is 1. The number of nitrogens with one attached hydrogen (secondary N) is 2. The second-order valence-electron chi connectivity index (χ2n) is 4.53. The third-order valence-electron chi connectivity index (χ3n) is 2.82. The highest BCUT2D eigenvalue weighted by atomic mass is 35.5. The summed E-state index contributed by atoms with van der Waals surface area (Å²) < 4.78 is 26.5. The molecular formula is C15H13ClF2N2S. The van der Waals surface area contributed by atoms with Crippen LogP contribution in [-0.2, 0) is 6.54 Å². The lowest BCUT2D eigenvalue weighted by Crippen LogP contribution is -2.28. The van der Waals surface area contributed by atoms with Gasteiger partial charge in [-0.1, -0.05) is 17.7 Å². The van der Waals surface area contributed by atoms with E-state index in [0.29, 0.717) is 10.7 Å². The van der Waals surface area contributed by atoms with Gasteiger partial charge in [-0.25, -0.2) is 8.78 Å². The van der Waals surface area contributed by atoms with Crippen LogP contribution in [0.25, 0.3) is 0 Å². The Labute approximate surface area is 132 Å². The minimum absolute atomic E-state index is 0.0822. The average molecular weight is 327 g/mol. The maximum Gasteiger partial charge on any atom is 0.171 e. The molecule has 2 N–H and O–H groups in total. The molecule has 0 aromatic heterocycles. The molecule has 0 amide bonds. The Morgan fingerprint density at radius 2 is 1.95 bits per heavy atom. The van der Waals surface area contributed by atoms with Crippen molar-refractivity contribution < 1.29 is 8.78 Å². The predicted molar refractivity (Wildman–Crippen MR) is 85.6 cm³/mol. The van der Waals surface area contributed by atoms with Gasteiger partial charge in [0.25, 0.3) is 0 Å². The normalized spacial score (nSPS) is 10.3. The smallest absolute Gasteiger partial charge is 0.171 e. The molecule has 0 aliphatic carbocycles. The van der Waals surface area contributed by atoms with E-state index >= 15 is 0 Å². The van der Waals surface area contributed by atoms with Crippen LogP contribution < -0.4 is 10.6 Å². The van der Waals surface area contributed by atoms with Gasteiger partial charge in [-0.15, -0.1) is 0 Å². The van der Waals surface area contributed by atoms with Crippen molar-refractivity contribution in [3.63, 3.8) is 0 Å². The fourth-order valence-electron chi connectivity index (χ4n) is 1.74. The average Bonchev–Trinajstić information content (AvgIpc) is 2.43. The standard InChI is InChI=1S/C15H13ClF2N2S/c1-9-2-5-14(12(16)6-9)20-15(21)19-8-10-7-11(17)3-4-13(10)18/h2-7H,8H2,1H3,(H2,19,20,21). The van der Waals surface area contributed by atoms with Crippen LogP contribution in [0.2, 0.25) is 5.02 Å². The first-order valence-electron chi connectivity index (χ1n) is 6.20. The Hall–Kier alpha value is -1.72. The van der Waals surface area contributed by atoms with Crippen molar-refractivity contribution in [2.24, 2.45) is 0 Å². The number of halogens is 3. The van der Waals surface area contributed by atoms with E-state index in [1.54, 1.807) is 12.1 Å². The summed E-state index contributed by atoms with van der Waals surface area (Å²) in [6.07, 6.45) is 0. The van der Waals surface area contributed by atoms with Gasteiger partial charge in [-0.05, 0) is 55.0 Å². The third kappa shape index (κ3) is 4.37. The van der Waals surface area contributed by atoms with Crippen molar-refractivity contribution in [1.82, 2.24) is 5.32 Å². The minimum atomic E-state index is -0.492. The number of anilines is 1. The molecule has 110 valence electrons. The van der Waals surface area contributed by atoms with Gasteiger partial charge in [0.15, 0.2) is 5.11 Å². The van der Waals surface area contributed by atoms with Crippen LogP contribution in [-0.4, -0.2) is 5.11 Å². The van der Waals surface area contributed by atoms with E-state index in [1.165, 1.54) is 0 Å². The molecule has 0 atom stereocenters. The predicted octanol–water partition coefficient (Wildman–Crippen LogP) is 4.41. The maximum absolute atomic E-state index is 13.5. The van der Waals surface area contributed by atoms with Crippen molar-refractivity contribution in [2.75, 3.05) is 5.32 Å². The summed E-state index contributed by atoms with van der Waals surface area (Å²) in [5.41, 5.74) is 1.89. The van der Waals surface area contributed by atoms with Crippen LogP contribution in [0.3, 0.4) is 0 Å². The fraction of sp³-hybridized carbons (Fsp3) is 0.133. The van der Waals surface area contributed by atoms with Gasteiger partial charge < -0.3 is 10.6 Å². The van der Waals surface area contributed by atoms with Crippen molar-refractivity contribution in [1.29, 1.82) is 0 Å². The molecule has 21 heavy (non-hydrogen) atoms. The largest absolute Gasteiger partial charge is 0.358 e. The molecule has 2 nitrogen and oxygen atoms in total. The van der Waals surface area contributed by atoms with E-state index in [1.807, 2.05) is 13.0 Å². The summed E-state index contributed by atoms with van der Waals surface area (Å²) in [5, 5.41) is 6.55. The van der Waals surface area contributed by atoms with E-state index in [9.17, 15) is 8.78 Å². The quantitative estimate of drug-likeness (QED) is 0.817. The lowest BCUT2D eigenvalue weighted by Gasteiger charge is -2.12. The SMILES string of the molecule is Cc1ccc(NC(=S)NCc2cc(F)ccc2F)c(Cl)c1. The van der Waals surface area contributed by atoms with Crippen LogP contribution in [0.5, 0.6) is 0 Å². The van der Waals surface area contributed by atoms with E-state index < -0.39 is 11.6 Å². The Morgan fingerprint density at radius 3 is 2.67 bits per heavy atom. The summed E-state index contributed by atoms with van der Waals surface area (Å²) in [5.74, 6) is -0.978. The topological polar surface area (TPSA) is 24.1 Å². The number of hydrogen-bond donors (Lipinski definition) is 2. The Balaban J connectivity index is 1.97. The summed E-state index contributed by atoms with van der Waals surface area (Å²) >= 11 is 11.2. The molecule has 6 heteroatoms. The number of rotatable bonds is 3. The van der Waals surface area contributed by atoms with E-state index in [-0.39, 0.29) is 17.2 Å². The molecular weight excluding hydrogens is 314 g/mol. The second kappa shape index (κ2) is 6.83. The summed E-state index contributed by atoms with van der Waals surface area (Å²) in [4.78, 5) is 0. The molecule has 0 bridgehead atoms. The highest BCUT2D eigenvalue weighted by molar-refractivity contribution is 7.80. The third-order valence-corrected chi connectivity index (χ3v) is 3.38. The van der Waals surface area contributed by atoms with Gasteiger partial charge in [0.05, 0.1) is 10.7 Å². The molecule has 0 aliphatic rings. The van der Waals surface area contributed by atoms with Crippen molar-refractivity contribution in [3.8, 4) is 0 Å². The van der Waals surface area contributed by atoms with Crippen molar-refractivity contribution >= 4 is 34.6 Å².